The standard InChI is InChI=1S/C30H38FN5O2/c1-3-21(37)7-5-4-6-8-25(36-29(38)23-17-30(23)11-13-32-14-12-30)28-33-18-27(35-28)22-15-20-10-9-19(2)34-26(20)16-24(22)31/h9-10,15-16,18,23,25,32H,3-8,11-14,17H2,1-2H3,(H,33,35)(H,36,38)/t23-,25+/m1/s1. The van der Waals surface area contributed by atoms with Crippen molar-refractivity contribution in [1.29, 1.82) is 0 Å². The number of aryl methyl sites for hydroxylation is 1. The van der Waals surface area contributed by atoms with E-state index in [1.165, 1.54) is 6.07 Å². The van der Waals surface area contributed by atoms with Gasteiger partial charge < -0.3 is 15.6 Å². The van der Waals surface area contributed by atoms with Crippen LogP contribution in [0, 0.1) is 24.1 Å². The number of carbonyl (C=O) groups is 2. The molecule has 8 heteroatoms. The van der Waals surface area contributed by atoms with Gasteiger partial charge in [-0.05, 0) is 69.7 Å². The van der Waals surface area contributed by atoms with Crippen molar-refractivity contribution in [2.75, 3.05) is 13.1 Å². The maximum absolute atomic E-state index is 15.1. The van der Waals surface area contributed by atoms with Gasteiger partial charge in [-0.3, -0.25) is 14.6 Å². The molecular weight excluding hydrogens is 481 g/mol. The van der Waals surface area contributed by atoms with Crippen LogP contribution in [0.2, 0.25) is 0 Å². The highest BCUT2D eigenvalue weighted by atomic mass is 19.1. The van der Waals surface area contributed by atoms with Crippen LogP contribution < -0.4 is 10.6 Å². The first-order valence-corrected chi connectivity index (χ1v) is 14.0. The molecule has 2 aliphatic rings. The van der Waals surface area contributed by atoms with Gasteiger partial charge in [0.15, 0.2) is 0 Å². The number of hydrogen-bond donors (Lipinski definition) is 3. The molecule has 1 saturated heterocycles. The number of amides is 1. The van der Waals surface area contributed by atoms with Crippen molar-refractivity contribution in [3.8, 4) is 11.3 Å². The Morgan fingerprint density at radius 3 is 2.79 bits per heavy atom. The van der Waals surface area contributed by atoms with E-state index in [1.807, 2.05) is 26.0 Å². The third-order valence-electron chi connectivity index (χ3n) is 8.40. The molecule has 0 bridgehead atoms. The van der Waals surface area contributed by atoms with Gasteiger partial charge >= 0.3 is 0 Å². The smallest absolute Gasteiger partial charge is 0.224 e. The highest BCUT2D eigenvalue weighted by Gasteiger charge is 2.57. The van der Waals surface area contributed by atoms with E-state index in [4.69, 9.17) is 0 Å². The number of nitrogens with zero attached hydrogens (tertiary/aromatic N) is 2. The first-order chi connectivity index (χ1) is 18.4. The van der Waals surface area contributed by atoms with Gasteiger partial charge in [-0.15, -0.1) is 0 Å². The van der Waals surface area contributed by atoms with Crippen LogP contribution in [0.15, 0.2) is 30.5 Å². The molecule has 1 saturated carbocycles. The van der Waals surface area contributed by atoms with Crippen LogP contribution in [0.4, 0.5) is 4.39 Å². The number of unbranched alkanes of at least 4 members (excludes halogenated alkanes) is 2. The predicted octanol–water partition coefficient (Wildman–Crippen LogP) is 5.55. The number of hydrogen-bond acceptors (Lipinski definition) is 5. The number of fused-ring (bicyclic) bond motifs is 1. The van der Waals surface area contributed by atoms with E-state index in [0.717, 1.165) is 62.7 Å². The van der Waals surface area contributed by atoms with Gasteiger partial charge in [0.2, 0.25) is 5.91 Å². The molecule has 0 unspecified atom stereocenters. The van der Waals surface area contributed by atoms with Gasteiger partial charge in [0.05, 0.1) is 23.4 Å². The molecule has 2 atom stereocenters. The van der Waals surface area contributed by atoms with Crippen molar-refractivity contribution in [3.63, 3.8) is 0 Å². The molecule has 5 rings (SSSR count). The number of H-pyrrole nitrogens is 1. The molecule has 1 aliphatic heterocycles. The lowest BCUT2D eigenvalue weighted by molar-refractivity contribution is -0.124. The third-order valence-corrected chi connectivity index (χ3v) is 8.40. The minimum Gasteiger partial charge on any atom is -0.346 e. The van der Waals surface area contributed by atoms with Crippen LogP contribution in [0.3, 0.4) is 0 Å². The van der Waals surface area contributed by atoms with Gasteiger partial charge in [-0.2, -0.15) is 0 Å². The summed E-state index contributed by atoms with van der Waals surface area (Å²) in [6.07, 6.45) is 9.21. The number of imidazole rings is 1. The molecule has 2 fully saturated rings. The topological polar surface area (TPSA) is 99.8 Å². The van der Waals surface area contributed by atoms with E-state index in [0.29, 0.717) is 41.9 Å². The molecule has 3 heterocycles. The number of Topliss-reactive ketones (excluding diaryl/α,β-unsaturated/α-hetero) is 1. The lowest BCUT2D eigenvalue weighted by Crippen LogP contribution is -2.35. The highest BCUT2D eigenvalue weighted by Crippen LogP contribution is 2.58. The van der Waals surface area contributed by atoms with Crippen LogP contribution in [0.25, 0.3) is 22.2 Å². The number of ketones is 1. The van der Waals surface area contributed by atoms with E-state index >= 15 is 4.39 Å². The Morgan fingerprint density at radius 2 is 2.00 bits per heavy atom. The molecule has 1 aromatic carbocycles. The van der Waals surface area contributed by atoms with Gasteiger partial charge in [0.25, 0.3) is 0 Å². The van der Waals surface area contributed by atoms with E-state index < -0.39 is 0 Å². The van der Waals surface area contributed by atoms with Gasteiger partial charge in [0, 0.05) is 41.5 Å². The summed E-state index contributed by atoms with van der Waals surface area (Å²) in [7, 11) is 0. The number of nitrogens with one attached hydrogen (secondary N) is 3. The van der Waals surface area contributed by atoms with Crippen molar-refractivity contribution in [2.24, 2.45) is 11.3 Å². The Bertz CT molecular complexity index is 1310. The van der Waals surface area contributed by atoms with Gasteiger partial charge in [-0.1, -0.05) is 25.8 Å². The van der Waals surface area contributed by atoms with Crippen molar-refractivity contribution in [2.45, 2.75) is 77.7 Å². The summed E-state index contributed by atoms with van der Waals surface area (Å²) < 4.78 is 15.1. The molecule has 7 nitrogen and oxygen atoms in total. The lowest BCUT2D eigenvalue weighted by Gasteiger charge is -2.24. The summed E-state index contributed by atoms with van der Waals surface area (Å²) in [5.41, 5.74) is 2.62. The second-order valence-electron chi connectivity index (χ2n) is 11.1. The van der Waals surface area contributed by atoms with Crippen LogP contribution in [-0.4, -0.2) is 39.7 Å². The average Bonchev–Trinajstić information content (AvgIpc) is 3.37. The molecule has 0 radical (unpaired) electrons. The third kappa shape index (κ3) is 5.80. The number of aromatic amines is 1. The van der Waals surface area contributed by atoms with Crippen LogP contribution >= 0.6 is 0 Å². The fourth-order valence-electron chi connectivity index (χ4n) is 5.87. The number of pyridine rings is 1. The van der Waals surface area contributed by atoms with E-state index in [9.17, 15) is 9.59 Å². The summed E-state index contributed by atoms with van der Waals surface area (Å²) in [4.78, 5) is 37.3. The number of rotatable bonds is 11. The van der Waals surface area contributed by atoms with E-state index in [1.54, 1.807) is 12.3 Å². The number of halogens is 1. The Labute approximate surface area is 223 Å². The van der Waals surface area contributed by atoms with Crippen molar-refractivity contribution >= 4 is 22.6 Å². The molecule has 3 aromatic rings. The second kappa shape index (κ2) is 11.3. The molecule has 1 spiro atoms. The first-order valence-electron chi connectivity index (χ1n) is 14.0. The summed E-state index contributed by atoms with van der Waals surface area (Å²) in [6.45, 7) is 5.72. The zero-order valence-corrected chi connectivity index (χ0v) is 22.4. The minimum atomic E-state index is -0.363. The molecule has 3 N–H and O–H groups in total. The fraction of sp³-hybridized carbons (Fsp3) is 0.533. The molecule has 1 amide bonds. The number of carbonyl (C=O) groups excluding carboxylic acids is 2. The number of aromatic nitrogens is 3. The van der Waals surface area contributed by atoms with Crippen LogP contribution in [-0.2, 0) is 9.59 Å². The first kappa shape index (κ1) is 26.5. The second-order valence-corrected chi connectivity index (χ2v) is 11.1. The Kier molecular flexibility index (Phi) is 7.88. The number of piperidine rings is 1. The monoisotopic (exact) mass is 519 g/mol. The molecule has 38 heavy (non-hydrogen) atoms. The highest BCUT2D eigenvalue weighted by molar-refractivity contribution is 5.84. The predicted molar refractivity (Wildman–Crippen MR) is 146 cm³/mol. The summed E-state index contributed by atoms with van der Waals surface area (Å²) in [6, 6.07) is 6.81. The molecule has 202 valence electrons. The van der Waals surface area contributed by atoms with Gasteiger partial charge in [-0.25, -0.2) is 9.37 Å². The summed E-state index contributed by atoms with van der Waals surface area (Å²) in [5, 5.41) is 7.52. The minimum absolute atomic E-state index is 0.0533. The maximum atomic E-state index is 15.1. The largest absolute Gasteiger partial charge is 0.346 e. The SMILES string of the molecule is CCC(=O)CCCCC[C@H](NC(=O)[C@H]1CC12CCNCC2)c1ncc(-c2cc3ccc(C)nc3cc2F)[nH]1. The molecule has 2 aromatic heterocycles. The molecule has 1 aliphatic carbocycles. The van der Waals surface area contributed by atoms with Gasteiger partial charge in [0.1, 0.15) is 17.4 Å². The zero-order chi connectivity index (χ0) is 26.7. The van der Waals surface area contributed by atoms with Crippen molar-refractivity contribution < 1.29 is 14.0 Å². The molecular formula is C30H38FN5O2. The quantitative estimate of drug-likeness (QED) is 0.289. The average molecular weight is 520 g/mol. The summed E-state index contributed by atoms with van der Waals surface area (Å²) >= 11 is 0. The Hall–Kier alpha value is -3.13. The lowest BCUT2D eigenvalue weighted by atomic mass is 9.91. The van der Waals surface area contributed by atoms with Crippen LogP contribution in [0.5, 0.6) is 0 Å². The van der Waals surface area contributed by atoms with E-state index in [2.05, 4.69) is 25.6 Å². The van der Waals surface area contributed by atoms with E-state index in [-0.39, 0.29) is 34.9 Å². The summed E-state index contributed by atoms with van der Waals surface area (Å²) in [5.74, 6) is 0.707. The Morgan fingerprint density at radius 1 is 1.18 bits per heavy atom. The van der Waals surface area contributed by atoms with Crippen molar-refractivity contribution in [3.05, 3.63) is 47.8 Å². The Balaban J connectivity index is 1.32. The fourth-order valence-corrected chi connectivity index (χ4v) is 5.87. The zero-order valence-electron chi connectivity index (χ0n) is 22.4. The van der Waals surface area contributed by atoms with Crippen LogP contribution in [0.1, 0.15) is 82.3 Å². The maximum Gasteiger partial charge on any atom is 0.224 e. The van der Waals surface area contributed by atoms with Crippen molar-refractivity contribution in [1.82, 2.24) is 25.6 Å². The normalized spacial score (nSPS) is 19.0. The number of benzene rings is 1.